The first-order valence-electron chi connectivity index (χ1n) is 6.77. The summed E-state index contributed by atoms with van der Waals surface area (Å²) in [6.45, 7) is 5.32. The smallest absolute Gasteiger partial charge is 0.121 e. The fourth-order valence-electron chi connectivity index (χ4n) is 2.03. The quantitative estimate of drug-likeness (QED) is 0.770. The summed E-state index contributed by atoms with van der Waals surface area (Å²) in [7, 11) is 0. The van der Waals surface area contributed by atoms with Crippen molar-refractivity contribution in [3.8, 4) is 0 Å². The van der Waals surface area contributed by atoms with E-state index in [4.69, 9.17) is 4.42 Å². The highest BCUT2D eigenvalue weighted by molar-refractivity contribution is 9.10. The van der Waals surface area contributed by atoms with Crippen LogP contribution in [0.15, 0.2) is 32.5 Å². The molecule has 104 valence electrons. The second-order valence-corrected chi connectivity index (χ2v) is 6.51. The molecule has 2 rings (SSSR count). The fraction of sp³-hybridized carbons (Fsp3) is 0.467. The van der Waals surface area contributed by atoms with E-state index in [0.717, 1.165) is 41.8 Å². The molecule has 0 spiro atoms. The summed E-state index contributed by atoms with van der Waals surface area (Å²) in [4.78, 5) is 1.37. The molecule has 1 N–H and O–H groups in total. The SMILES string of the molecule is CCCNC(Cc1cc(Br)cs1)c1ccc(CC)o1. The van der Waals surface area contributed by atoms with Crippen LogP contribution in [0.5, 0.6) is 0 Å². The Morgan fingerprint density at radius 2 is 2.21 bits per heavy atom. The zero-order valence-electron chi connectivity index (χ0n) is 11.4. The molecule has 19 heavy (non-hydrogen) atoms. The van der Waals surface area contributed by atoms with Crippen LogP contribution in [-0.4, -0.2) is 6.54 Å². The molecule has 0 radical (unpaired) electrons. The Labute approximate surface area is 127 Å². The van der Waals surface area contributed by atoms with Crippen molar-refractivity contribution in [2.45, 2.75) is 39.2 Å². The van der Waals surface area contributed by atoms with Gasteiger partial charge in [0.15, 0.2) is 0 Å². The molecule has 1 unspecified atom stereocenters. The maximum Gasteiger partial charge on any atom is 0.121 e. The van der Waals surface area contributed by atoms with Gasteiger partial charge in [0.05, 0.1) is 6.04 Å². The van der Waals surface area contributed by atoms with Crippen LogP contribution in [0.3, 0.4) is 0 Å². The Morgan fingerprint density at radius 3 is 2.79 bits per heavy atom. The number of hydrogen-bond donors (Lipinski definition) is 1. The van der Waals surface area contributed by atoms with E-state index in [1.807, 2.05) is 0 Å². The topological polar surface area (TPSA) is 25.2 Å². The van der Waals surface area contributed by atoms with Crippen LogP contribution < -0.4 is 5.32 Å². The number of rotatable bonds is 7. The van der Waals surface area contributed by atoms with E-state index in [0.29, 0.717) is 0 Å². The van der Waals surface area contributed by atoms with Gasteiger partial charge in [-0.2, -0.15) is 0 Å². The normalized spacial score (nSPS) is 12.8. The predicted octanol–water partition coefficient (Wildman–Crippen LogP) is 4.95. The minimum atomic E-state index is 0.269. The van der Waals surface area contributed by atoms with Gasteiger partial charge in [-0.05, 0) is 47.1 Å². The van der Waals surface area contributed by atoms with Gasteiger partial charge in [0.1, 0.15) is 11.5 Å². The van der Waals surface area contributed by atoms with Gasteiger partial charge < -0.3 is 9.73 Å². The largest absolute Gasteiger partial charge is 0.464 e. The van der Waals surface area contributed by atoms with Gasteiger partial charge in [0.2, 0.25) is 0 Å². The van der Waals surface area contributed by atoms with Crippen LogP contribution in [-0.2, 0) is 12.8 Å². The van der Waals surface area contributed by atoms with Gasteiger partial charge in [-0.25, -0.2) is 0 Å². The van der Waals surface area contributed by atoms with Crippen molar-refractivity contribution in [1.82, 2.24) is 5.32 Å². The first-order valence-corrected chi connectivity index (χ1v) is 8.45. The molecule has 0 amide bonds. The van der Waals surface area contributed by atoms with E-state index in [1.165, 1.54) is 4.88 Å². The van der Waals surface area contributed by atoms with Crippen LogP contribution in [0.1, 0.15) is 42.7 Å². The number of nitrogens with one attached hydrogen (secondary N) is 1. The van der Waals surface area contributed by atoms with Gasteiger partial charge in [-0.1, -0.05) is 13.8 Å². The van der Waals surface area contributed by atoms with Crippen molar-refractivity contribution >= 4 is 27.3 Å². The summed E-state index contributed by atoms with van der Waals surface area (Å²) in [5, 5.41) is 5.71. The number of furan rings is 1. The minimum absolute atomic E-state index is 0.269. The Bertz CT molecular complexity index is 506. The maximum absolute atomic E-state index is 5.90. The third-order valence-electron chi connectivity index (χ3n) is 3.04. The van der Waals surface area contributed by atoms with Gasteiger partial charge in [0, 0.05) is 27.6 Å². The van der Waals surface area contributed by atoms with Crippen molar-refractivity contribution in [2.24, 2.45) is 0 Å². The molecule has 2 nitrogen and oxygen atoms in total. The van der Waals surface area contributed by atoms with Gasteiger partial charge in [-0.3, -0.25) is 0 Å². The molecule has 0 saturated carbocycles. The molecule has 2 heterocycles. The first-order chi connectivity index (χ1) is 9.22. The molecule has 1 atom stereocenters. The van der Waals surface area contributed by atoms with E-state index >= 15 is 0 Å². The fourth-order valence-corrected chi connectivity index (χ4v) is 3.52. The van der Waals surface area contributed by atoms with Crippen LogP contribution in [0.2, 0.25) is 0 Å². The maximum atomic E-state index is 5.90. The third-order valence-corrected chi connectivity index (χ3v) is 4.76. The van der Waals surface area contributed by atoms with E-state index < -0.39 is 0 Å². The second-order valence-electron chi connectivity index (χ2n) is 4.60. The predicted molar refractivity (Wildman–Crippen MR) is 84.8 cm³/mol. The van der Waals surface area contributed by atoms with E-state index in [-0.39, 0.29) is 6.04 Å². The van der Waals surface area contributed by atoms with Crippen molar-refractivity contribution in [1.29, 1.82) is 0 Å². The second kappa shape index (κ2) is 7.27. The molecule has 0 aliphatic heterocycles. The molecule has 0 saturated heterocycles. The standard InChI is InChI=1S/C15H20BrNOS/c1-3-7-17-14(9-13-8-11(16)10-19-13)15-6-5-12(4-2)18-15/h5-6,8,10,14,17H,3-4,7,9H2,1-2H3. The zero-order valence-corrected chi connectivity index (χ0v) is 13.8. The molecule has 2 aromatic heterocycles. The number of hydrogen-bond acceptors (Lipinski definition) is 3. The summed E-state index contributed by atoms with van der Waals surface area (Å²) in [6.07, 6.45) is 3.06. The Morgan fingerprint density at radius 1 is 1.37 bits per heavy atom. The van der Waals surface area contributed by atoms with Gasteiger partial charge in [-0.15, -0.1) is 11.3 Å². The van der Waals surface area contributed by atoms with Crippen LogP contribution in [0.25, 0.3) is 0 Å². The summed E-state index contributed by atoms with van der Waals surface area (Å²) in [5.74, 6) is 2.11. The van der Waals surface area contributed by atoms with Gasteiger partial charge >= 0.3 is 0 Å². The highest BCUT2D eigenvalue weighted by Gasteiger charge is 2.16. The highest BCUT2D eigenvalue weighted by Crippen LogP contribution is 2.26. The summed E-state index contributed by atoms with van der Waals surface area (Å²) in [6, 6.07) is 6.65. The molecule has 0 aliphatic rings. The highest BCUT2D eigenvalue weighted by atomic mass is 79.9. The summed E-state index contributed by atoms with van der Waals surface area (Å²) >= 11 is 5.30. The third kappa shape index (κ3) is 4.20. The molecule has 0 fully saturated rings. The first kappa shape index (κ1) is 14.8. The van der Waals surface area contributed by atoms with Crippen molar-refractivity contribution in [3.05, 3.63) is 44.4 Å². The lowest BCUT2D eigenvalue weighted by Gasteiger charge is -2.15. The van der Waals surface area contributed by atoms with Gasteiger partial charge in [0.25, 0.3) is 0 Å². The molecular formula is C15H20BrNOS. The molecular weight excluding hydrogens is 322 g/mol. The lowest BCUT2D eigenvalue weighted by atomic mass is 10.1. The van der Waals surface area contributed by atoms with E-state index in [1.54, 1.807) is 11.3 Å². The molecule has 2 aromatic rings. The average Bonchev–Trinajstić information content (AvgIpc) is 3.03. The lowest BCUT2D eigenvalue weighted by molar-refractivity contribution is 0.393. The molecule has 4 heteroatoms. The van der Waals surface area contributed by atoms with E-state index in [2.05, 4.69) is 58.7 Å². The molecule has 0 aliphatic carbocycles. The monoisotopic (exact) mass is 341 g/mol. The lowest BCUT2D eigenvalue weighted by Crippen LogP contribution is -2.23. The van der Waals surface area contributed by atoms with Crippen molar-refractivity contribution in [3.63, 3.8) is 0 Å². The molecule has 0 bridgehead atoms. The Kier molecular flexibility index (Phi) is 5.67. The van der Waals surface area contributed by atoms with Crippen LogP contribution in [0.4, 0.5) is 0 Å². The number of thiophene rings is 1. The van der Waals surface area contributed by atoms with E-state index in [9.17, 15) is 0 Å². The zero-order chi connectivity index (χ0) is 13.7. The van der Waals surface area contributed by atoms with Crippen molar-refractivity contribution < 1.29 is 4.42 Å². The molecule has 0 aromatic carbocycles. The summed E-state index contributed by atoms with van der Waals surface area (Å²) in [5.41, 5.74) is 0. The Balaban J connectivity index is 2.10. The average molecular weight is 342 g/mol. The van der Waals surface area contributed by atoms with Crippen LogP contribution in [0, 0.1) is 0 Å². The minimum Gasteiger partial charge on any atom is -0.464 e. The summed E-state index contributed by atoms with van der Waals surface area (Å²) < 4.78 is 7.06. The Hall–Kier alpha value is -0.580. The van der Waals surface area contributed by atoms with Crippen molar-refractivity contribution in [2.75, 3.05) is 6.54 Å². The number of aryl methyl sites for hydroxylation is 1. The number of halogens is 1. The van der Waals surface area contributed by atoms with Crippen LogP contribution >= 0.6 is 27.3 Å².